The molecule has 124 valence electrons. The van der Waals surface area contributed by atoms with Crippen LogP contribution in [0.4, 0.5) is 0 Å². The Hall–Kier alpha value is -1.14. The summed E-state index contributed by atoms with van der Waals surface area (Å²) in [7, 11) is 0. The average molecular weight is 310 g/mol. The Morgan fingerprint density at radius 3 is 2.73 bits per heavy atom. The normalized spacial score (nSPS) is 28.0. The predicted octanol–water partition coefficient (Wildman–Crippen LogP) is 1.00. The van der Waals surface area contributed by atoms with Gasteiger partial charge in [0.25, 0.3) is 0 Å². The van der Waals surface area contributed by atoms with Crippen LogP contribution in [-0.4, -0.2) is 67.3 Å². The van der Waals surface area contributed by atoms with E-state index >= 15 is 0 Å². The maximum atomic E-state index is 12.5. The molecule has 0 bridgehead atoms. The van der Waals surface area contributed by atoms with E-state index in [-0.39, 0.29) is 30.6 Å². The Kier molecular flexibility index (Phi) is 5.31. The highest BCUT2D eigenvalue weighted by Gasteiger charge is 2.33. The third kappa shape index (κ3) is 3.79. The third-order valence-electron chi connectivity index (χ3n) is 4.84. The molecule has 0 spiro atoms. The van der Waals surface area contributed by atoms with E-state index in [1.807, 2.05) is 4.90 Å². The number of rotatable bonds is 3. The first kappa shape index (κ1) is 15.7. The molecular formula is C16H26N2O4. The SMILES string of the molecule is O=C1CCCCCN1CC(=O)N1CCCC(C2OCCO2)C1. The number of carbonyl (C=O) groups is 2. The van der Waals surface area contributed by atoms with Crippen LogP contribution in [0.15, 0.2) is 0 Å². The van der Waals surface area contributed by atoms with Gasteiger partial charge in [-0.3, -0.25) is 9.59 Å². The monoisotopic (exact) mass is 310 g/mol. The summed E-state index contributed by atoms with van der Waals surface area (Å²) in [6.07, 6.45) is 5.48. The summed E-state index contributed by atoms with van der Waals surface area (Å²) in [6.45, 7) is 3.72. The average Bonchev–Trinajstić information content (AvgIpc) is 3.00. The number of piperidine rings is 1. The molecule has 6 nitrogen and oxygen atoms in total. The molecule has 0 aromatic carbocycles. The van der Waals surface area contributed by atoms with E-state index in [0.29, 0.717) is 26.2 Å². The fourth-order valence-electron chi connectivity index (χ4n) is 3.58. The highest BCUT2D eigenvalue weighted by molar-refractivity contribution is 5.85. The zero-order valence-corrected chi connectivity index (χ0v) is 13.2. The lowest BCUT2D eigenvalue weighted by Crippen LogP contribution is -2.48. The summed E-state index contributed by atoms with van der Waals surface area (Å²) in [6, 6.07) is 0. The Morgan fingerprint density at radius 2 is 1.91 bits per heavy atom. The summed E-state index contributed by atoms with van der Waals surface area (Å²) in [5.41, 5.74) is 0. The van der Waals surface area contributed by atoms with Crippen molar-refractivity contribution in [3.63, 3.8) is 0 Å². The second kappa shape index (κ2) is 7.42. The molecule has 3 heterocycles. The summed E-state index contributed by atoms with van der Waals surface area (Å²) < 4.78 is 11.2. The predicted molar refractivity (Wildman–Crippen MR) is 80.0 cm³/mol. The first-order valence-electron chi connectivity index (χ1n) is 8.53. The van der Waals surface area contributed by atoms with Crippen LogP contribution >= 0.6 is 0 Å². The molecule has 3 saturated heterocycles. The van der Waals surface area contributed by atoms with Crippen molar-refractivity contribution < 1.29 is 19.1 Å². The van der Waals surface area contributed by atoms with Crippen molar-refractivity contribution in [2.45, 2.75) is 44.8 Å². The molecule has 1 unspecified atom stereocenters. The lowest BCUT2D eigenvalue weighted by molar-refractivity contribution is -0.145. The molecule has 6 heteroatoms. The zero-order chi connectivity index (χ0) is 15.4. The van der Waals surface area contributed by atoms with E-state index in [0.717, 1.165) is 45.2 Å². The lowest BCUT2D eigenvalue weighted by Gasteiger charge is -2.35. The van der Waals surface area contributed by atoms with E-state index in [4.69, 9.17) is 9.47 Å². The highest BCUT2D eigenvalue weighted by atomic mass is 16.7. The Labute approximate surface area is 131 Å². The standard InChI is InChI=1S/C16H26N2O4/c19-14-6-2-1-3-7-18(14)12-15(20)17-8-4-5-13(11-17)16-21-9-10-22-16/h13,16H,1-12H2. The molecule has 22 heavy (non-hydrogen) atoms. The summed E-state index contributed by atoms with van der Waals surface area (Å²) in [5.74, 6) is 0.458. The van der Waals surface area contributed by atoms with E-state index < -0.39 is 0 Å². The summed E-state index contributed by atoms with van der Waals surface area (Å²) in [5, 5.41) is 0. The van der Waals surface area contributed by atoms with E-state index in [2.05, 4.69) is 0 Å². The van der Waals surface area contributed by atoms with Gasteiger partial charge in [-0.2, -0.15) is 0 Å². The van der Waals surface area contributed by atoms with Crippen LogP contribution < -0.4 is 0 Å². The largest absolute Gasteiger partial charge is 0.350 e. The van der Waals surface area contributed by atoms with Crippen molar-refractivity contribution in [3.05, 3.63) is 0 Å². The first-order valence-corrected chi connectivity index (χ1v) is 8.53. The molecule has 3 rings (SSSR count). The molecule has 0 aromatic heterocycles. The molecule has 3 aliphatic heterocycles. The molecule has 2 amide bonds. The van der Waals surface area contributed by atoms with Gasteiger partial charge in [0.1, 0.15) is 0 Å². The number of hydrogen-bond donors (Lipinski definition) is 0. The number of carbonyl (C=O) groups excluding carboxylic acids is 2. The van der Waals surface area contributed by atoms with Crippen LogP contribution in [0.25, 0.3) is 0 Å². The van der Waals surface area contributed by atoms with Gasteiger partial charge in [0, 0.05) is 32.0 Å². The highest BCUT2D eigenvalue weighted by Crippen LogP contribution is 2.25. The van der Waals surface area contributed by atoms with Gasteiger partial charge in [-0.25, -0.2) is 0 Å². The Bertz CT molecular complexity index is 409. The maximum absolute atomic E-state index is 12.5. The van der Waals surface area contributed by atoms with Crippen molar-refractivity contribution >= 4 is 11.8 Å². The minimum absolute atomic E-state index is 0.0675. The minimum Gasteiger partial charge on any atom is -0.350 e. The van der Waals surface area contributed by atoms with Gasteiger partial charge in [-0.15, -0.1) is 0 Å². The van der Waals surface area contributed by atoms with Crippen molar-refractivity contribution in [3.8, 4) is 0 Å². The van der Waals surface area contributed by atoms with Crippen LogP contribution in [0.1, 0.15) is 38.5 Å². The molecule has 3 fully saturated rings. The zero-order valence-electron chi connectivity index (χ0n) is 13.2. The van der Waals surface area contributed by atoms with Crippen molar-refractivity contribution in [2.24, 2.45) is 5.92 Å². The van der Waals surface area contributed by atoms with Crippen LogP contribution in [0.3, 0.4) is 0 Å². The van der Waals surface area contributed by atoms with Gasteiger partial charge >= 0.3 is 0 Å². The van der Waals surface area contributed by atoms with Gasteiger partial charge < -0.3 is 19.3 Å². The van der Waals surface area contributed by atoms with Crippen molar-refractivity contribution in [2.75, 3.05) is 39.4 Å². The molecule has 1 atom stereocenters. The molecule has 0 N–H and O–H groups in total. The molecule has 3 aliphatic rings. The molecular weight excluding hydrogens is 284 g/mol. The summed E-state index contributed by atoms with van der Waals surface area (Å²) >= 11 is 0. The van der Waals surface area contributed by atoms with Gasteiger partial charge in [0.2, 0.25) is 11.8 Å². The van der Waals surface area contributed by atoms with Crippen molar-refractivity contribution in [1.82, 2.24) is 9.80 Å². The summed E-state index contributed by atoms with van der Waals surface area (Å²) in [4.78, 5) is 28.2. The number of hydrogen-bond acceptors (Lipinski definition) is 4. The topological polar surface area (TPSA) is 59.1 Å². The Balaban J connectivity index is 1.53. The number of likely N-dealkylation sites (tertiary alicyclic amines) is 2. The smallest absolute Gasteiger partial charge is 0.242 e. The lowest BCUT2D eigenvalue weighted by atomic mass is 9.97. The number of amides is 2. The van der Waals surface area contributed by atoms with Crippen LogP contribution in [0, 0.1) is 5.92 Å². The van der Waals surface area contributed by atoms with Gasteiger partial charge in [-0.05, 0) is 25.7 Å². The second-order valence-corrected chi connectivity index (χ2v) is 6.48. The number of ether oxygens (including phenoxy) is 2. The second-order valence-electron chi connectivity index (χ2n) is 6.48. The molecule has 0 aliphatic carbocycles. The van der Waals surface area contributed by atoms with Crippen molar-refractivity contribution in [1.29, 1.82) is 0 Å². The fraction of sp³-hybridized carbons (Fsp3) is 0.875. The first-order chi connectivity index (χ1) is 10.7. The van der Waals surface area contributed by atoms with Crippen LogP contribution in [0.5, 0.6) is 0 Å². The molecule has 0 saturated carbocycles. The third-order valence-corrected chi connectivity index (χ3v) is 4.84. The quantitative estimate of drug-likeness (QED) is 0.780. The fourth-order valence-corrected chi connectivity index (χ4v) is 3.58. The molecule has 0 radical (unpaired) electrons. The minimum atomic E-state index is -0.157. The molecule has 0 aromatic rings. The van der Waals surface area contributed by atoms with E-state index in [9.17, 15) is 9.59 Å². The van der Waals surface area contributed by atoms with E-state index in [1.54, 1.807) is 4.90 Å². The van der Waals surface area contributed by atoms with Gasteiger partial charge in [-0.1, -0.05) is 6.42 Å². The number of nitrogens with zero attached hydrogens (tertiary/aromatic N) is 2. The van der Waals surface area contributed by atoms with Crippen LogP contribution in [-0.2, 0) is 19.1 Å². The Morgan fingerprint density at radius 1 is 1.09 bits per heavy atom. The maximum Gasteiger partial charge on any atom is 0.242 e. The van der Waals surface area contributed by atoms with Gasteiger partial charge in [0.05, 0.1) is 19.8 Å². The van der Waals surface area contributed by atoms with E-state index in [1.165, 1.54) is 0 Å². The van der Waals surface area contributed by atoms with Gasteiger partial charge in [0.15, 0.2) is 6.29 Å². The van der Waals surface area contributed by atoms with Crippen LogP contribution in [0.2, 0.25) is 0 Å².